The maximum absolute atomic E-state index is 12.1. The molecule has 0 unspecified atom stereocenters. The Kier molecular flexibility index (Phi) is 3.45. The second-order valence-corrected chi connectivity index (χ2v) is 4.83. The quantitative estimate of drug-likeness (QED) is 0.853. The molecule has 0 N–H and O–H groups in total. The van der Waals surface area contributed by atoms with Gasteiger partial charge in [0.25, 0.3) is 0 Å². The molecule has 1 saturated heterocycles. The molecule has 3 heterocycles. The molecule has 3 rings (SSSR count). The van der Waals surface area contributed by atoms with Crippen LogP contribution >= 0.6 is 0 Å². The third-order valence-electron chi connectivity index (χ3n) is 3.65. The summed E-state index contributed by atoms with van der Waals surface area (Å²) in [6.07, 6.45) is 11.1. The Morgan fingerprint density at radius 2 is 2.20 bits per heavy atom. The molecule has 0 saturated carbocycles. The van der Waals surface area contributed by atoms with Gasteiger partial charge >= 0.3 is 0 Å². The first-order valence-electron chi connectivity index (χ1n) is 6.90. The van der Waals surface area contributed by atoms with Gasteiger partial charge in [-0.05, 0) is 12.8 Å². The molecular formula is C14H17N5O. The van der Waals surface area contributed by atoms with Gasteiger partial charge in [0.05, 0.1) is 6.04 Å². The van der Waals surface area contributed by atoms with E-state index in [1.807, 2.05) is 22.6 Å². The predicted octanol–water partition coefficient (Wildman–Crippen LogP) is 1.74. The summed E-state index contributed by atoms with van der Waals surface area (Å²) < 4.78 is 1.84. The lowest BCUT2D eigenvalue weighted by atomic mass is 10.1. The molecule has 2 aromatic heterocycles. The van der Waals surface area contributed by atoms with Crippen molar-refractivity contribution in [2.75, 3.05) is 6.54 Å². The van der Waals surface area contributed by atoms with Crippen molar-refractivity contribution < 1.29 is 4.79 Å². The van der Waals surface area contributed by atoms with Gasteiger partial charge in [-0.1, -0.05) is 6.92 Å². The Hall–Kier alpha value is -2.24. The number of hydrogen-bond acceptors (Lipinski definition) is 4. The molecule has 1 amide bonds. The minimum absolute atomic E-state index is 0.0218. The number of amides is 1. The summed E-state index contributed by atoms with van der Waals surface area (Å²) in [6, 6.07) is 0.0218. The molecule has 6 nitrogen and oxygen atoms in total. The van der Waals surface area contributed by atoms with Crippen LogP contribution in [0.3, 0.4) is 0 Å². The van der Waals surface area contributed by atoms with E-state index in [0.717, 1.165) is 30.9 Å². The molecule has 2 aromatic rings. The largest absolute Gasteiger partial charge is 0.334 e. The molecule has 0 spiro atoms. The van der Waals surface area contributed by atoms with Crippen molar-refractivity contribution in [1.29, 1.82) is 0 Å². The minimum atomic E-state index is 0.0218. The number of likely N-dealkylation sites (tertiary alicyclic amines) is 1. The summed E-state index contributed by atoms with van der Waals surface area (Å²) in [5.41, 5.74) is 0.852. The van der Waals surface area contributed by atoms with Crippen LogP contribution in [0, 0.1) is 0 Å². The Morgan fingerprint density at radius 3 is 2.95 bits per heavy atom. The average Bonchev–Trinajstić information content (AvgIpc) is 3.17. The minimum Gasteiger partial charge on any atom is -0.334 e. The lowest BCUT2D eigenvalue weighted by Crippen LogP contribution is -2.31. The number of carbonyl (C=O) groups is 1. The topological polar surface area (TPSA) is 63.9 Å². The third-order valence-corrected chi connectivity index (χ3v) is 3.65. The number of rotatable bonds is 3. The second-order valence-electron chi connectivity index (χ2n) is 4.83. The lowest BCUT2D eigenvalue weighted by molar-refractivity contribution is -0.131. The van der Waals surface area contributed by atoms with Crippen LogP contribution in [-0.4, -0.2) is 36.9 Å². The number of nitrogens with zero attached hydrogens (tertiary/aromatic N) is 5. The van der Waals surface area contributed by atoms with Gasteiger partial charge in [-0.25, -0.2) is 9.97 Å². The van der Waals surface area contributed by atoms with Gasteiger partial charge in [0.1, 0.15) is 12.0 Å². The number of hydrogen-bond donors (Lipinski definition) is 0. The van der Waals surface area contributed by atoms with Crippen LogP contribution in [0.1, 0.15) is 37.9 Å². The van der Waals surface area contributed by atoms with Gasteiger partial charge in [0, 0.05) is 37.8 Å². The Bertz CT molecular complexity index is 595. The molecule has 0 radical (unpaired) electrons. The zero-order valence-electron chi connectivity index (χ0n) is 11.4. The molecule has 104 valence electrons. The maximum atomic E-state index is 12.1. The van der Waals surface area contributed by atoms with Crippen molar-refractivity contribution in [2.45, 2.75) is 32.2 Å². The first-order chi connectivity index (χ1) is 9.81. The van der Waals surface area contributed by atoms with Crippen LogP contribution < -0.4 is 0 Å². The molecule has 1 atom stereocenters. The van der Waals surface area contributed by atoms with E-state index in [-0.39, 0.29) is 11.9 Å². The summed E-state index contributed by atoms with van der Waals surface area (Å²) in [6.45, 7) is 2.70. The SMILES string of the molecule is CCC(=O)N1CCC[C@@H]1c1nccnc1-n1ccnc1. The van der Waals surface area contributed by atoms with E-state index in [2.05, 4.69) is 15.0 Å². The highest BCUT2D eigenvalue weighted by Crippen LogP contribution is 2.33. The van der Waals surface area contributed by atoms with Crippen LogP contribution in [-0.2, 0) is 4.79 Å². The zero-order chi connectivity index (χ0) is 13.9. The van der Waals surface area contributed by atoms with E-state index in [0.29, 0.717) is 6.42 Å². The van der Waals surface area contributed by atoms with Gasteiger partial charge in [-0.2, -0.15) is 0 Å². The van der Waals surface area contributed by atoms with E-state index in [1.165, 1.54) is 0 Å². The highest BCUT2D eigenvalue weighted by molar-refractivity contribution is 5.76. The van der Waals surface area contributed by atoms with Gasteiger partial charge in [0.15, 0.2) is 5.82 Å². The fourth-order valence-electron chi connectivity index (χ4n) is 2.71. The van der Waals surface area contributed by atoms with Crippen LogP contribution in [0.2, 0.25) is 0 Å². The standard InChI is InChI=1S/C14H17N5O/c1-2-12(20)19-8-3-4-11(19)13-14(17-6-5-16-13)18-9-7-15-10-18/h5-7,9-11H,2-4,8H2,1H3/t11-/m1/s1. The maximum Gasteiger partial charge on any atom is 0.222 e. The number of carbonyl (C=O) groups excluding carboxylic acids is 1. The summed E-state index contributed by atoms with van der Waals surface area (Å²) in [5.74, 6) is 0.931. The summed E-state index contributed by atoms with van der Waals surface area (Å²) in [4.78, 5) is 26.9. The Balaban J connectivity index is 2.00. The van der Waals surface area contributed by atoms with E-state index in [1.54, 1.807) is 24.9 Å². The monoisotopic (exact) mass is 271 g/mol. The normalized spacial score (nSPS) is 18.4. The second kappa shape index (κ2) is 5.40. The van der Waals surface area contributed by atoms with E-state index < -0.39 is 0 Å². The highest BCUT2D eigenvalue weighted by Gasteiger charge is 2.32. The molecule has 1 aliphatic rings. The molecule has 1 aliphatic heterocycles. The van der Waals surface area contributed by atoms with Crippen molar-refractivity contribution in [3.05, 3.63) is 36.8 Å². The van der Waals surface area contributed by atoms with Gasteiger partial charge in [0.2, 0.25) is 5.91 Å². The van der Waals surface area contributed by atoms with E-state index in [9.17, 15) is 4.79 Å². The van der Waals surface area contributed by atoms with Gasteiger partial charge in [-0.3, -0.25) is 14.3 Å². The van der Waals surface area contributed by atoms with Crippen LogP contribution in [0.4, 0.5) is 0 Å². The summed E-state index contributed by atoms with van der Waals surface area (Å²) in [7, 11) is 0. The van der Waals surface area contributed by atoms with Gasteiger partial charge < -0.3 is 4.90 Å². The summed E-state index contributed by atoms with van der Waals surface area (Å²) in [5, 5.41) is 0. The molecule has 0 bridgehead atoms. The zero-order valence-corrected chi connectivity index (χ0v) is 11.4. The van der Waals surface area contributed by atoms with Crippen LogP contribution in [0.15, 0.2) is 31.1 Å². The first kappa shape index (κ1) is 12.8. The van der Waals surface area contributed by atoms with E-state index in [4.69, 9.17) is 0 Å². The molecule has 1 fully saturated rings. The summed E-state index contributed by atoms with van der Waals surface area (Å²) >= 11 is 0. The Labute approximate surface area is 117 Å². The fraction of sp³-hybridized carbons (Fsp3) is 0.429. The van der Waals surface area contributed by atoms with Crippen LogP contribution in [0.25, 0.3) is 5.82 Å². The first-order valence-corrected chi connectivity index (χ1v) is 6.90. The van der Waals surface area contributed by atoms with E-state index >= 15 is 0 Å². The third kappa shape index (κ3) is 2.17. The predicted molar refractivity (Wildman–Crippen MR) is 73.1 cm³/mol. The van der Waals surface area contributed by atoms with Gasteiger partial charge in [-0.15, -0.1) is 0 Å². The van der Waals surface area contributed by atoms with Crippen molar-refractivity contribution in [3.63, 3.8) is 0 Å². The molecular weight excluding hydrogens is 254 g/mol. The van der Waals surface area contributed by atoms with Crippen LogP contribution in [0.5, 0.6) is 0 Å². The highest BCUT2D eigenvalue weighted by atomic mass is 16.2. The molecule has 6 heteroatoms. The lowest BCUT2D eigenvalue weighted by Gasteiger charge is -2.25. The van der Waals surface area contributed by atoms with Crippen molar-refractivity contribution in [2.24, 2.45) is 0 Å². The average molecular weight is 271 g/mol. The fourth-order valence-corrected chi connectivity index (χ4v) is 2.71. The number of aromatic nitrogens is 4. The van der Waals surface area contributed by atoms with Crippen molar-refractivity contribution in [1.82, 2.24) is 24.4 Å². The molecule has 20 heavy (non-hydrogen) atoms. The van der Waals surface area contributed by atoms with Crippen molar-refractivity contribution >= 4 is 5.91 Å². The number of imidazole rings is 1. The van der Waals surface area contributed by atoms with Crippen molar-refractivity contribution in [3.8, 4) is 5.82 Å². The molecule has 0 aliphatic carbocycles. The smallest absolute Gasteiger partial charge is 0.222 e. The molecule has 0 aromatic carbocycles. The Morgan fingerprint density at radius 1 is 1.35 bits per heavy atom.